The molecule has 7 N–H and O–H groups in total. The van der Waals surface area contributed by atoms with Gasteiger partial charge in [0.15, 0.2) is 12.6 Å². The van der Waals surface area contributed by atoms with E-state index in [0.717, 1.165) is 0 Å². The Hall–Kier alpha value is -0.440. The number of rotatable bonds is 5. The Morgan fingerprint density at radius 3 is 1.79 bits per heavy atom. The summed E-state index contributed by atoms with van der Waals surface area (Å²) in [5, 5.41) is 68.1. The van der Waals surface area contributed by atoms with Gasteiger partial charge in [-0.05, 0) is 0 Å². The van der Waals surface area contributed by atoms with Crippen LogP contribution in [-0.2, 0) is 18.9 Å². The summed E-state index contributed by atoms with van der Waals surface area (Å²) in [6.07, 6.45) is -14.4. The van der Waals surface area contributed by atoms with Crippen LogP contribution in [0, 0.1) is 0 Å². The van der Waals surface area contributed by atoms with Gasteiger partial charge >= 0.3 is 0 Å². The maximum absolute atomic E-state index is 10.2. The van der Waals surface area contributed by atoms with Gasteiger partial charge in [-0.3, -0.25) is 0 Å². The smallest absolute Gasteiger partial charge is 0.187 e. The summed E-state index contributed by atoms with van der Waals surface area (Å²) in [5.74, 6) is 0. The predicted molar refractivity (Wildman–Crippen MR) is 73.4 cm³/mol. The lowest BCUT2D eigenvalue weighted by molar-refractivity contribution is -0.358. The molecule has 0 aromatic rings. The first-order valence-corrected chi connectivity index (χ1v) is 7.46. The Kier molecular flexibility index (Phi) is 6.87. The fourth-order valence-corrected chi connectivity index (χ4v) is 2.74. The molecule has 11 nitrogen and oxygen atoms in total. The lowest BCUT2D eigenvalue weighted by Crippen LogP contribution is -2.64. The summed E-state index contributed by atoms with van der Waals surface area (Å²) in [7, 11) is 1.24. The van der Waals surface area contributed by atoms with Crippen molar-refractivity contribution in [3.8, 4) is 0 Å². The minimum Gasteiger partial charge on any atom is -0.394 e. The third-order valence-electron chi connectivity index (χ3n) is 4.19. The average Bonchev–Trinajstić information content (AvgIpc) is 2.58. The van der Waals surface area contributed by atoms with Crippen LogP contribution in [0.1, 0.15) is 0 Å². The molecule has 0 bridgehead atoms. The van der Waals surface area contributed by atoms with Crippen LogP contribution in [-0.4, -0.2) is 117 Å². The molecule has 2 rings (SSSR count). The number of hydrogen-bond donors (Lipinski definition) is 7. The van der Waals surface area contributed by atoms with Crippen molar-refractivity contribution in [1.82, 2.24) is 0 Å². The van der Waals surface area contributed by atoms with Gasteiger partial charge in [0, 0.05) is 7.11 Å². The van der Waals surface area contributed by atoms with E-state index in [-0.39, 0.29) is 0 Å². The molecular weight excluding hydrogens is 332 g/mol. The lowest BCUT2D eigenvalue weighted by atomic mass is 9.97. The number of methoxy groups -OCH3 is 1. The molecule has 0 spiro atoms. The third kappa shape index (κ3) is 3.71. The normalized spacial score (nSPS) is 50.0. The molecule has 2 fully saturated rings. The second kappa shape index (κ2) is 8.29. The Bertz CT molecular complexity index is 378. The van der Waals surface area contributed by atoms with Crippen LogP contribution in [0.5, 0.6) is 0 Å². The Labute approximate surface area is 137 Å². The molecule has 2 aliphatic heterocycles. The summed E-state index contributed by atoms with van der Waals surface area (Å²) in [5.41, 5.74) is 0. The fraction of sp³-hybridized carbons (Fsp3) is 1.00. The van der Waals surface area contributed by atoms with Crippen LogP contribution in [0.15, 0.2) is 0 Å². The minimum absolute atomic E-state index is 0.581. The van der Waals surface area contributed by atoms with E-state index in [2.05, 4.69) is 0 Å². The largest absolute Gasteiger partial charge is 0.394 e. The molecule has 10 atom stereocenters. The van der Waals surface area contributed by atoms with Crippen molar-refractivity contribution in [3.05, 3.63) is 0 Å². The van der Waals surface area contributed by atoms with Crippen LogP contribution in [0.25, 0.3) is 0 Å². The zero-order chi connectivity index (χ0) is 18.0. The summed E-state index contributed by atoms with van der Waals surface area (Å²) in [6.45, 7) is -1.23. The highest BCUT2D eigenvalue weighted by atomic mass is 16.7. The highest BCUT2D eigenvalue weighted by Gasteiger charge is 2.50. The third-order valence-corrected chi connectivity index (χ3v) is 4.19. The number of hydrogen-bond acceptors (Lipinski definition) is 11. The minimum atomic E-state index is -1.70. The number of aliphatic hydroxyl groups is 7. The van der Waals surface area contributed by atoms with E-state index < -0.39 is 74.6 Å². The molecule has 142 valence electrons. The molecule has 11 heteroatoms. The molecule has 2 aliphatic rings. The molecule has 2 saturated heterocycles. The molecule has 0 aromatic carbocycles. The Morgan fingerprint density at radius 2 is 1.25 bits per heavy atom. The SMILES string of the molecule is CO[C@@H]1OC(CO)[C@H](O)[C@H](O[C@@H]2OC(CO)[C@H](O)[C@H](O)C2O)C1O. The first-order chi connectivity index (χ1) is 11.3. The molecule has 24 heavy (non-hydrogen) atoms. The van der Waals surface area contributed by atoms with Gasteiger partial charge in [0.25, 0.3) is 0 Å². The van der Waals surface area contributed by atoms with Gasteiger partial charge in [0.2, 0.25) is 0 Å². The Morgan fingerprint density at radius 1 is 0.708 bits per heavy atom. The number of aliphatic hydroxyl groups excluding tert-OH is 7. The van der Waals surface area contributed by atoms with Crippen molar-refractivity contribution in [3.63, 3.8) is 0 Å². The van der Waals surface area contributed by atoms with Gasteiger partial charge in [-0.25, -0.2) is 0 Å². The van der Waals surface area contributed by atoms with E-state index in [1.807, 2.05) is 0 Å². The number of ether oxygens (including phenoxy) is 4. The molecule has 0 saturated carbocycles. The van der Waals surface area contributed by atoms with Crippen molar-refractivity contribution < 1.29 is 54.7 Å². The first kappa shape index (κ1) is 19.9. The van der Waals surface area contributed by atoms with Gasteiger partial charge in [-0.2, -0.15) is 0 Å². The molecule has 2 heterocycles. The molecule has 0 aliphatic carbocycles. The lowest BCUT2D eigenvalue weighted by Gasteiger charge is -2.45. The van der Waals surface area contributed by atoms with Crippen molar-refractivity contribution in [2.24, 2.45) is 0 Å². The van der Waals surface area contributed by atoms with Crippen molar-refractivity contribution >= 4 is 0 Å². The summed E-state index contributed by atoms with van der Waals surface area (Å²) in [4.78, 5) is 0. The Balaban J connectivity index is 2.14. The van der Waals surface area contributed by atoms with Crippen molar-refractivity contribution in [2.45, 2.75) is 61.4 Å². The zero-order valence-electron chi connectivity index (χ0n) is 13.0. The summed E-state index contributed by atoms with van der Waals surface area (Å²) < 4.78 is 20.6. The standard InChI is InChI=1S/C13H24O11/c1-21-12-10(20)11(7(17)5(3-15)22-12)24-13-9(19)8(18)6(16)4(2-14)23-13/h4-20H,2-3H2,1H3/t4?,5?,6-,7-,8-,9?,10?,11-,12+,13-/m0/s1. The highest BCUT2D eigenvalue weighted by molar-refractivity contribution is 4.93. The summed E-state index contributed by atoms with van der Waals surface area (Å²) >= 11 is 0. The maximum atomic E-state index is 10.2. The van der Waals surface area contributed by atoms with Gasteiger partial charge in [0.05, 0.1) is 13.2 Å². The van der Waals surface area contributed by atoms with Gasteiger partial charge < -0.3 is 54.7 Å². The highest BCUT2D eigenvalue weighted by Crippen LogP contribution is 2.29. The van der Waals surface area contributed by atoms with E-state index in [1.54, 1.807) is 0 Å². The van der Waals surface area contributed by atoms with Crippen LogP contribution in [0.4, 0.5) is 0 Å². The van der Waals surface area contributed by atoms with E-state index in [9.17, 15) is 30.6 Å². The zero-order valence-corrected chi connectivity index (χ0v) is 13.0. The van der Waals surface area contributed by atoms with E-state index in [1.165, 1.54) is 7.11 Å². The quantitative estimate of drug-likeness (QED) is 0.251. The van der Waals surface area contributed by atoms with E-state index in [4.69, 9.17) is 24.1 Å². The molecular formula is C13H24O11. The second-order valence-electron chi connectivity index (χ2n) is 5.74. The van der Waals surface area contributed by atoms with E-state index in [0.29, 0.717) is 0 Å². The fourth-order valence-electron chi connectivity index (χ4n) is 2.74. The van der Waals surface area contributed by atoms with Gasteiger partial charge in [-0.15, -0.1) is 0 Å². The molecule has 4 unspecified atom stereocenters. The van der Waals surface area contributed by atoms with Gasteiger partial charge in [-0.1, -0.05) is 0 Å². The first-order valence-electron chi connectivity index (χ1n) is 7.46. The molecule has 0 radical (unpaired) electrons. The van der Waals surface area contributed by atoms with Crippen LogP contribution < -0.4 is 0 Å². The summed E-state index contributed by atoms with van der Waals surface area (Å²) in [6, 6.07) is 0. The van der Waals surface area contributed by atoms with Crippen LogP contribution in [0.2, 0.25) is 0 Å². The topological polar surface area (TPSA) is 179 Å². The molecule has 0 aromatic heterocycles. The van der Waals surface area contributed by atoms with Crippen LogP contribution in [0.3, 0.4) is 0 Å². The van der Waals surface area contributed by atoms with Gasteiger partial charge in [0.1, 0.15) is 48.8 Å². The van der Waals surface area contributed by atoms with E-state index >= 15 is 0 Å². The van der Waals surface area contributed by atoms with Crippen molar-refractivity contribution in [1.29, 1.82) is 0 Å². The second-order valence-corrected chi connectivity index (χ2v) is 5.74. The maximum Gasteiger partial charge on any atom is 0.187 e. The van der Waals surface area contributed by atoms with Crippen molar-refractivity contribution in [2.75, 3.05) is 20.3 Å². The molecule has 0 amide bonds. The van der Waals surface area contributed by atoms with Crippen LogP contribution >= 0.6 is 0 Å². The predicted octanol–water partition coefficient (Wildman–Crippen LogP) is -4.74. The monoisotopic (exact) mass is 356 g/mol. The average molecular weight is 356 g/mol.